The summed E-state index contributed by atoms with van der Waals surface area (Å²) in [6.45, 7) is 2.81. The van der Waals surface area contributed by atoms with Crippen molar-refractivity contribution in [3.8, 4) is 0 Å². The molecular weight excluding hydrogens is 126 g/mol. The predicted molar refractivity (Wildman–Crippen MR) is 41.9 cm³/mol. The first-order chi connectivity index (χ1) is 4.79. The van der Waals surface area contributed by atoms with Gasteiger partial charge in [-0.2, -0.15) is 0 Å². The first kappa shape index (κ1) is 8.02. The lowest BCUT2D eigenvalue weighted by atomic mass is 9.93. The van der Waals surface area contributed by atoms with E-state index in [0.717, 1.165) is 19.0 Å². The molecule has 60 valence electrons. The lowest BCUT2D eigenvalue weighted by molar-refractivity contribution is 0.179. The topological polar surface area (TPSA) is 32.3 Å². The van der Waals surface area contributed by atoms with Crippen LogP contribution < -0.4 is 5.32 Å². The van der Waals surface area contributed by atoms with E-state index in [1.807, 2.05) is 6.92 Å². The zero-order valence-corrected chi connectivity index (χ0v) is 6.64. The third-order valence-electron chi connectivity index (χ3n) is 2.10. The molecule has 2 heteroatoms. The first-order valence-electron chi connectivity index (χ1n) is 4.20. The van der Waals surface area contributed by atoms with E-state index in [1.165, 1.54) is 19.3 Å². The Morgan fingerprint density at radius 3 is 2.70 bits per heavy atom. The Kier molecular flexibility index (Phi) is 3.16. The minimum atomic E-state index is -0.146. The first-order valence-corrected chi connectivity index (χ1v) is 4.20. The molecule has 1 aliphatic carbocycles. The summed E-state index contributed by atoms with van der Waals surface area (Å²) in [5.41, 5.74) is 0. The molecule has 1 atom stereocenters. The number of rotatable bonds is 4. The highest BCUT2D eigenvalue weighted by atomic mass is 16.3. The summed E-state index contributed by atoms with van der Waals surface area (Å²) in [5.74, 6) is 0. The largest absolute Gasteiger partial charge is 0.393 e. The summed E-state index contributed by atoms with van der Waals surface area (Å²) in [6, 6.07) is 0.763. The Bertz CT molecular complexity index is 89.3. The highest BCUT2D eigenvalue weighted by Gasteiger charge is 2.15. The number of hydrogen-bond acceptors (Lipinski definition) is 2. The van der Waals surface area contributed by atoms with Gasteiger partial charge in [-0.25, -0.2) is 0 Å². The zero-order chi connectivity index (χ0) is 7.40. The Hall–Kier alpha value is -0.0800. The van der Waals surface area contributed by atoms with Crippen LogP contribution in [-0.2, 0) is 0 Å². The fourth-order valence-electron chi connectivity index (χ4n) is 1.11. The van der Waals surface area contributed by atoms with Crippen molar-refractivity contribution in [1.29, 1.82) is 0 Å². The molecule has 2 N–H and O–H groups in total. The van der Waals surface area contributed by atoms with Gasteiger partial charge in [0.05, 0.1) is 6.10 Å². The molecule has 0 radical (unpaired) electrons. The molecule has 1 rings (SSSR count). The maximum absolute atomic E-state index is 8.92. The molecule has 0 aromatic carbocycles. The van der Waals surface area contributed by atoms with Gasteiger partial charge in [-0.05, 0) is 32.7 Å². The van der Waals surface area contributed by atoms with Gasteiger partial charge in [-0.1, -0.05) is 6.42 Å². The van der Waals surface area contributed by atoms with E-state index >= 15 is 0 Å². The van der Waals surface area contributed by atoms with E-state index in [9.17, 15) is 0 Å². The molecule has 0 aromatic heterocycles. The highest BCUT2D eigenvalue weighted by Crippen LogP contribution is 2.17. The van der Waals surface area contributed by atoms with Crippen molar-refractivity contribution in [3.63, 3.8) is 0 Å². The summed E-state index contributed by atoms with van der Waals surface area (Å²) in [6.07, 6.45) is 4.79. The van der Waals surface area contributed by atoms with Crippen LogP contribution in [0.4, 0.5) is 0 Å². The van der Waals surface area contributed by atoms with Gasteiger partial charge in [0.2, 0.25) is 0 Å². The van der Waals surface area contributed by atoms with E-state index in [-0.39, 0.29) is 6.10 Å². The van der Waals surface area contributed by atoms with Crippen LogP contribution in [0.2, 0.25) is 0 Å². The van der Waals surface area contributed by atoms with Gasteiger partial charge in [0, 0.05) is 6.04 Å². The maximum atomic E-state index is 8.92. The van der Waals surface area contributed by atoms with Gasteiger partial charge in [0.1, 0.15) is 0 Å². The molecule has 0 aromatic rings. The third-order valence-corrected chi connectivity index (χ3v) is 2.10. The van der Waals surface area contributed by atoms with Crippen molar-refractivity contribution in [1.82, 2.24) is 5.32 Å². The molecule has 0 bridgehead atoms. The molecule has 0 heterocycles. The van der Waals surface area contributed by atoms with E-state index in [0.29, 0.717) is 0 Å². The molecule has 0 spiro atoms. The smallest absolute Gasteiger partial charge is 0.0524 e. The van der Waals surface area contributed by atoms with Crippen LogP contribution in [0.3, 0.4) is 0 Å². The number of aliphatic hydroxyl groups is 1. The highest BCUT2D eigenvalue weighted by molar-refractivity contribution is 4.76. The minimum Gasteiger partial charge on any atom is -0.393 e. The molecular formula is C8H17NO. The van der Waals surface area contributed by atoms with Gasteiger partial charge in [-0.15, -0.1) is 0 Å². The predicted octanol–water partition coefficient (Wildman–Crippen LogP) is 0.899. The summed E-state index contributed by atoms with van der Waals surface area (Å²) in [7, 11) is 0. The quantitative estimate of drug-likeness (QED) is 0.613. The summed E-state index contributed by atoms with van der Waals surface area (Å²) in [4.78, 5) is 0. The molecule has 1 saturated carbocycles. The van der Waals surface area contributed by atoms with Crippen molar-refractivity contribution < 1.29 is 5.11 Å². The number of hydrogen-bond donors (Lipinski definition) is 2. The zero-order valence-electron chi connectivity index (χ0n) is 6.64. The van der Waals surface area contributed by atoms with Crippen LogP contribution in [0.25, 0.3) is 0 Å². The van der Waals surface area contributed by atoms with Gasteiger partial charge in [0.15, 0.2) is 0 Å². The molecule has 0 amide bonds. The van der Waals surface area contributed by atoms with Crippen LogP contribution >= 0.6 is 0 Å². The van der Waals surface area contributed by atoms with Crippen LogP contribution in [0, 0.1) is 0 Å². The molecule has 1 fully saturated rings. The summed E-state index contributed by atoms with van der Waals surface area (Å²) in [5, 5.41) is 12.3. The van der Waals surface area contributed by atoms with E-state index in [1.54, 1.807) is 0 Å². The second-order valence-corrected chi connectivity index (χ2v) is 3.22. The molecule has 10 heavy (non-hydrogen) atoms. The Morgan fingerprint density at radius 1 is 1.60 bits per heavy atom. The average molecular weight is 143 g/mol. The fraction of sp³-hybridized carbons (Fsp3) is 1.00. The monoisotopic (exact) mass is 143 g/mol. The van der Waals surface area contributed by atoms with Crippen molar-refractivity contribution in [2.24, 2.45) is 0 Å². The summed E-state index contributed by atoms with van der Waals surface area (Å²) < 4.78 is 0. The Labute approximate surface area is 62.6 Å². The van der Waals surface area contributed by atoms with Gasteiger partial charge in [-0.3, -0.25) is 0 Å². The van der Waals surface area contributed by atoms with Gasteiger partial charge < -0.3 is 10.4 Å². The van der Waals surface area contributed by atoms with Crippen LogP contribution in [0.1, 0.15) is 32.6 Å². The molecule has 0 saturated heterocycles. The SMILES string of the molecule is C[C@H](O)CCNC1CCC1. The minimum absolute atomic E-state index is 0.146. The van der Waals surface area contributed by atoms with E-state index in [2.05, 4.69) is 5.32 Å². The van der Waals surface area contributed by atoms with E-state index in [4.69, 9.17) is 5.11 Å². The van der Waals surface area contributed by atoms with Crippen LogP contribution in [-0.4, -0.2) is 23.8 Å². The lowest BCUT2D eigenvalue weighted by Crippen LogP contribution is -2.36. The summed E-state index contributed by atoms with van der Waals surface area (Å²) >= 11 is 0. The molecule has 0 unspecified atom stereocenters. The molecule has 0 aliphatic heterocycles. The third kappa shape index (κ3) is 2.67. The lowest BCUT2D eigenvalue weighted by Gasteiger charge is -2.26. The fourth-order valence-corrected chi connectivity index (χ4v) is 1.11. The van der Waals surface area contributed by atoms with Crippen molar-refractivity contribution >= 4 is 0 Å². The Morgan fingerprint density at radius 2 is 2.30 bits per heavy atom. The second kappa shape index (κ2) is 3.94. The second-order valence-electron chi connectivity index (χ2n) is 3.22. The number of nitrogens with one attached hydrogen (secondary N) is 1. The van der Waals surface area contributed by atoms with Crippen LogP contribution in [0.15, 0.2) is 0 Å². The van der Waals surface area contributed by atoms with Crippen LogP contribution in [0.5, 0.6) is 0 Å². The van der Waals surface area contributed by atoms with Crippen molar-refractivity contribution in [2.75, 3.05) is 6.54 Å². The van der Waals surface area contributed by atoms with Gasteiger partial charge >= 0.3 is 0 Å². The Balaban J connectivity index is 1.85. The van der Waals surface area contributed by atoms with Crippen molar-refractivity contribution in [3.05, 3.63) is 0 Å². The number of aliphatic hydroxyl groups excluding tert-OH is 1. The molecule has 2 nitrogen and oxygen atoms in total. The standard InChI is InChI=1S/C8H17NO/c1-7(10)5-6-9-8-3-2-4-8/h7-10H,2-6H2,1H3/t7-/m0/s1. The molecule has 1 aliphatic rings. The normalized spacial score (nSPS) is 22.2. The average Bonchev–Trinajstić information content (AvgIpc) is 1.75. The van der Waals surface area contributed by atoms with Gasteiger partial charge in [0.25, 0.3) is 0 Å². The maximum Gasteiger partial charge on any atom is 0.0524 e. The van der Waals surface area contributed by atoms with E-state index < -0.39 is 0 Å². The van der Waals surface area contributed by atoms with Crippen molar-refractivity contribution in [2.45, 2.75) is 44.8 Å².